The molecule has 2 rings (SSSR count). The van der Waals surface area contributed by atoms with Crippen molar-refractivity contribution in [2.24, 2.45) is 5.92 Å². The highest BCUT2D eigenvalue weighted by atomic mass is 16.5. The Hall–Kier alpha value is -1.47. The van der Waals surface area contributed by atoms with E-state index in [1.165, 1.54) is 6.33 Å². The van der Waals surface area contributed by atoms with Crippen LogP contribution in [0.2, 0.25) is 0 Å². The average molecular weight is 295 g/mol. The number of aromatic amines is 1. The van der Waals surface area contributed by atoms with Gasteiger partial charge in [-0.05, 0) is 19.8 Å². The summed E-state index contributed by atoms with van der Waals surface area (Å²) in [5.74, 6) is 0.925. The van der Waals surface area contributed by atoms with E-state index in [-0.39, 0.29) is 30.1 Å². The molecule has 2 N–H and O–H groups in total. The lowest BCUT2D eigenvalue weighted by molar-refractivity contribution is -0.135. The van der Waals surface area contributed by atoms with Crippen molar-refractivity contribution in [2.45, 2.75) is 52.5 Å². The van der Waals surface area contributed by atoms with E-state index in [2.05, 4.69) is 39.2 Å². The molecule has 118 valence electrons. The fraction of sp³-hybridized carbons (Fsp3) is 0.786. The molecule has 0 aliphatic carbocycles. The molecule has 0 radical (unpaired) electrons. The number of ether oxygens (including phenoxy) is 1. The van der Waals surface area contributed by atoms with Crippen molar-refractivity contribution in [2.75, 3.05) is 13.1 Å². The van der Waals surface area contributed by atoms with Crippen LogP contribution >= 0.6 is 0 Å². The van der Waals surface area contributed by atoms with E-state index >= 15 is 0 Å². The first-order chi connectivity index (χ1) is 9.97. The van der Waals surface area contributed by atoms with E-state index in [4.69, 9.17) is 4.74 Å². The predicted molar refractivity (Wildman–Crippen MR) is 78.4 cm³/mol. The van der Waals surface area contributed by atoms with Crippen molar-refractivity contribution in [3.8, 4) is 0 Å². The molecule has 21 heavy (non-hydrogen) atoms. The van der Waals surface area contributed by atoms with E-state index in [0.29, 0.717) is 12.4 Å². The summed E-state index contributed by atoms with van der Waals surface area (Å²) in [7, 11) is 0. The molecule has 2 heterocycles. The number of carbonyl (C=O) groups is 1. The van der Waals surface area contributed by atoms with Gasteiger partial charge in [0.15, 0.2) is 0 Å². The Morgan fingerprint density at radius 2 is 2.14 bits per heavy atom. The third-order valence-corrected chi connectivity index (χ3v) is 3.64. The van der Waals surface area contributed by atoms with Gasteiger partial charge < -0.3 is 10.1 Å². The molecule has 3 atom stereocenters. The van der Waals surface area contributed by atoms with Gasteiger partial charge in [-0.15, -0.1) is 0 Å². The number of amides is 1. The molecule has 1 fully saturated rings. The monoisotopic (exact) mass is 295 g/mol. The summed E-state index contributed by atoms with van der Waals surface area (Å²) in [6.45, 7) is 10.2. The fourth-order valence-corrected chi connectivity index (χ4v) is 2.93. The Morgan fingerprint density at radius 1 is 1.48 bits per heavy atom. The molecule has 1 amide bonds. The Morgan fingerprint density at radius 3 is 2.67 bits per heavy atom. The minimum absolute atomic E-state index is 0.0303. The summed E-state index contributed by atoms with van der Waals surface area (Å²) in [4.78, 5) is 18.8. The van der Waals surface area contributed by atoms with E-state index in [1.807, 2.05) is 13.8 Å². The number of aromatic nitrogens is 3. The van der Waals surface area contributed by atoms with E-state index in [0.717, 1.165) is 13.1 Å². The van der Waals surface area contributed by atoms with Gasteiger partial charge in [0.1, 0.15) is 12.2 Å². The number of H-pyrrole nitrogens is 1. The zero-order valence-corrected chi connectivity index (χ0v) is 13.2. The highest BCUT2D eigenvalue weighted by Gasteiger charge is 2.33. The van der Waals surface area contributed by atoms with Gasteiger partial charge in [-0.25, -0.2) is 4.98 Å². The molecule has 3 unspecified atom stereocenters. The van der Waals surface area contributed by atoms with Crippen molar-refractivity contribution < 1.29 is 9.53 Å². The molecule has 0 spiro atoms. The molecule has 0 aromatic carbocycles. The Kier molecular flexibility index (Phi) is 5.30. The van der Waals surface area contributed by atoms with Crippen molar-refractivity contribution in [1.82, 2.24) is 25.4 Å². The zero-order valence-electron chi connectivity index (χ0n) is 13.2. The number of rotatable bonds is 5. The van der Waals surface area contributed by atoms with E-state index in [1.54, 1.807) is 0 Å². The smallest absolute Gasteiger partial charge is 0.238 e. The molecule has 7 nitrogen and oxygen atoms in total. The third-order valence-electron chi connectivity index (χ3n) is 3.64. The highest BCUT2D eigenvalue weighted by Crippen LogP contribution is 2.18. The van der Waals surface area contributed by atoms with Crippen LogP contribution in [0.5, 0.6) is 0 Å². The summed E-state index contributed by atoms with van der Waals surface area (Å²) in [6.07, 6.45) is 1.74. The largest absolute Gasteiger partial charge is 0.373 e. The van der Waals surface area contributed by atoms with Crippen LogP contribution in [-0.2, 0) is 16.1 Å². The second-order valence-corrected chi connectivity index (χ2v) is 6.05. The van der Waals surface area contributed by atoms with Gasteiger partial charge in [-0.2, -0.15) is 5.10 Å². The normalized spacial score (nSPS) is 25.0. The number of hydrogen-bond donors (Lipinski definition) is 2. The third kappa shape index (κ3) is 4.25. The maximum Gasteiger partial charge on any atom is 0.238 e. The first-order valence-corrected chi connectivity index (χ1v) is 7.48. The quantitative estimate of drug-likeness (QED) is 0.829. The van der Waals surface area contributed by atoms with Gasteiger partial charge in [-0.3, -0.25) is 14.8 Å². The summed E-state index contributed by atoms with van der Waals surface area (Å²) in [5.41, 5.74) is 0. The lowest BCUT2D eigenvalue weighted by Gasteiger charge is -2.40. The van der Waals surface area contributed by atoms with Crippen LogP contribution in [0.3, 0.4) is 0 Å². The molecule has 0 bridgehead atoms. The Bertz CT molecular complexity index is 438. The van der Waals surface area contributed by atoms with Gasteiger partial charge in [0.05, 0.1) is 24.8 Å². The maximum atomic E-state index is 12.5. The molecule has 1 aromatic rings. The minimum atomic E-state index is -0.151. The second kappa shape index (κ2) is 7.00. The van der Waals surface area contributed by atoms with Crippen LogP contribution in [0.4, 0.5) is 0 Å². The van der Waals surface area contributed by atoms with Crippen LogP contribution in [0.1, 0.15) is 33.5 Å². The summed E-state index contributed by atoms with van der Waals surface area (Å²) in [5, 5.41) is 9.46. The maximum absolute atomic E-state index is 12.5. The molecule has 1 aromatic heterocycles. The standard InChI is InChI=1S/C14H25N5O2/c1-9(2)13(19-6-10(3)21-11(4)7-19)14(20)15-5-12-16-8-17-18-12/h8-11,13H,5-7H2,1-4H3,(H,15,20)(H,16,17,18). The number of morpholine rings is 1. The minimum Gasteiger partial charge on any atom is -0.373 e. The predicted octanol–water partition coefficient (Wildman–Crippen LogP) is 0.555. The first kappa shape index (κ1) is 15.9. The lowest BCUT2D eigenvalue weighted by Crippen LogP contribution is -2.56. The van der Waals surface area contributed by atoms with Crippen LogP contribution in [0.25, 0.3) is 0 Å². The van der Waals surface area contributed by atoms with Gasteiger partial charge >= 0.3 is 0 Å². The SMILES string of the molecule is CC1CN(C(C(=O)NCc2ncn[nH]2)C(C)C)CC(C)O1. The van der Waals surface area contributed by atoms with E-state index < -0.39 is 0 Å². The topological polar surface area (TPSA) is 83.1 Å². The number of hydrogen-bond acceptors (Lipinski definition) is 5. The van der Waals surface area contributed by atoms with Crippen LogP contribution in [0, 0.1) is 5.92 Å². The van der Waals surface area contributed by atoms with Crippen LogP contribution in [-0.4, -0.2) is 57.3 Å². The Balaban J connectivity index is 1.98. The van der Waals surface area contributed by atoms with Crippen molar-refractivity contribution in [1.29, 1.82) is 0 Å². The molecule has 1 aliphatic heterocycles. The molecular formula is C14H25N5O2. The zero-order chi connectivity index (χ0) is 15.4. The molecule has 7 heteroatoms. The fourth-order valence-electron chi connectivity index (χ4n) is 2.93. The number of nitrogens with zero attached hydrogens (tertiary/aromatic N) is 3. The van der Waals surface area contributed by atoms with E-state index in [9.17, 15) is 4.79 Å². The highest BCUT2D eigenvalue weighted by molar-refractivity contribution is 5.82. The van der Waals surface area contributed by atoms with Crippen molar-refractivity contribution in [3.63, 3.8) is 0 Å². The molecule has 1 saturated heterocycles. The second-order valence-electron chi connectivity index (χ2n) is 6.05. The van der Waals surface area contributed by atoms with Gasteiger partial charge in [0.2, 0.25) is 5.91 Å². The summed E-state index contributed by atoms with van der Waals surface area (Å²) in [6, 6.07) is -0.151. The number of nitrogens with one attached hydrogen (secondary N) is 2. The van der Waals surface area contributed by atoms with Gasteiger partial charge in [-0.1, -0.05) is 13.8 Å². The first-order valence-electron chi connectivity index (χ1n) is 7.48. The average Bonchev–Trinajstić information content (AvgIpc) is 2.87. The lowest BCUT2D eigenvalue weighted by atomic mass is 9.99. The molecular weight excluding hydrogens is 270 g/mol. The molecule has 0 saturated carbocycles. The van der Waals surface area contributed by atoms with Gasteiger partial charge in [0, 0.05) is 13.1 Å². The van der Waals surface area contributed by atoms with Gasteiger partial charge in [0.25, 0.3) is 0 Å². The number of carbonyl (C=O) groups excluding carboxylic acids is 1. The summed E-state index contributed by atoms with van der Waals surface area (Å²) >= 11 is 0. The van der Waals surface area contributed by atoms with Crippen molar-refractivity contribution >= 4 is 5.91 Å². The summed E-state index contributed by atoms with van der Waals surface area (Å²) < 4.78 is 5.75. The van der Waals surface area contributed by atoms with Crippen LogP contribution in [0.15, 0.2) is 6.33 Å². The van der Waals surface area contributed by atoms with Crippen LogP contribution < -0.4 is 5.32 Å². The van der Waals surface area contributed by atoms with Crippen molar-refractivity contribution in [3.05, 3.63) is 12.2 Å². The molecule has 1 aliphatic rings. The Labute approximate surface area is 125 Å².